The van der Waals surface area contributed by atoms with Crippen LogP contribution in [0.4, 0.5) is 0 Å². The van der Waals surface area contributed by atoms with E-state index in [2.05, 4.69) is 28.8 Å². The third kappa shape index (κ3) is 13.0. The molecule has 1 rings (SSSR count). The Bertz CT molecular complexity index is 588. The fraction of sp³-hybridized carbons (Fsp3) is 0.524. The van der Waals surface area contributed by atoms with Crippen LogP contribution in [0.25, 0.3) is 6.08 Å². The van der Waals surface area contributed by atoms with E-state index in [1.54, 1.807) is 30.3 Å². The largest absolute Gasteiger partial charge is 0.427 e. The van der Waals surface area contributed by atoms with Gasteiger partial charge in [-0.1, -0.05) is 64.0 Å². The van der Waals surface area contributed by atoms with Gasteiger partial charge in [0.2, 0.25) is 0 Å². The second-order valence-corrected chi connectivity index (χ2v) is 6.64. The molecule has 0 saturated carbocycles. The standard InChI is InChI=1S/C21H34N4O3/c1-3-4-5-6-7-8-9-10-17-22-24-25-23-21(27)16-13-19-11-14-20(15-12-19)28-18(2)26/h11-16,22,24-25H,3-10,17H2,1-2H3,(H,23,27). The quantitative estimate of drug-likeness (QED) is 0.121. The van der Waals surface area contributed by atoms with Crippen LogP contribution in [-0.2, 0) is 9.59 Å². The van der Waals surface area contributed by atoms with Gasteiger partial charge in [0.1, 0.15) is 5.75 Å². The van der Waals surface area contributed by atoms with Gasteiger partial charge >= 0.3 is 5.97 Å². The summed E-state index contributed by atoms with van der Waals surface area (Å²) in [5.74, 6) is -0.176. The molecule has 0 spiro atoms. The first-order valence-corrected chi connectivity index (χ1v) is 10.1. The number of rotatable bonds is 15. The van der Waals surface area contributed by atoms with Crippen molar-refractivity contribution in [2.75, 3.05) is 6.54 Å². The maximum Gasteiger partial charge on any atom is 0.308 e. The van der Waals surface area contributed by atoms with Crippen molar-refractivity contribution in [3.63, 3.8) is 0 Å². The van der Waals surface area contributed by atoms with E-state index in [1.807, 2.05) is 0 Å². The van der Waals surface area contributed by atoms with E-state index < -0.39 is 0 Å². The van der Waals surface area contributed by atoms with Crippen LogP contribution in [0.1, 0.15) is 70.8 Å². The smallest absolute Gasteiger partial charge is 0.308 e. The van der Waals surface area contributed by atoms with Crippen LogP contribution >= 0.6 is 0 Å². The van der Waals surface area contributed by atoms with Crippen molar-refractivity contribution in [3.05, 3.63) is 35.9 Å². The van der Waals surface area contributed by atoms with Crippen LogP contribution < -0.4 is 26.7 Å². The molecule has 0 bridgehead atoms. The molecule has 1 amide bonds. The second kappa shape index (κ2) is 15.8. The lowest BCUT2D eigenvalue weighted by Gasteiger charge is -2.08. The van der Waals surface area contributed by atoms with Crippen molar-refractivity contribution in [1.29, 1.82) is 0 Å². The average molecular weight is 391 g/mol. The zero-order chi connectivity index (χ0) is 20.5. The summed E-state index contributed by atoms with van der Waals surface area (Å²) in [5, 5.41) is 0. The highest BCUT2D eigenvalue weighted by atomic mass is 16.5. The van der Waals surface area contributed by atoms with Crippen molar-refractivity contribution >= 4 is 18.0 Å². The normalized spacial score (nSPS) is 10.9. The lowest BCUT2D eigenvalue weighted by Crippen LogP contribution is -2.52. The van der Waals surface area contributed by atoms with Crippen LogP contribution in [0.15, 0.2) is 30.3 Å². The predicted molar refractivity (Wildman–Crippen MR) is 112 cm³/mol. The number of hydrogen-bond acceptors (Lipinski definition) is 6. The molecule has 0 heterocycles. The van der Waals surface area contributed by atoms with Crippen molar-refractivity contribution < 1.29 is 14.3 Å². The van der Waals surface area contributed by atoms with Crippen LogP contribution in [0.2, 0.25) is 0 Å². The molecule has 0 fully saturated rings. The highest BCUT2D eigenvalue weighted by Crippen LogP contribution is 2.13. The molecule has 0 aliphatic heterocycles. The van der Waals surface area contributed by atoms with Gasteiger partial charge < -0.3 is 4.74 Å². The van der Waals surface area contributed by atoms with Gasteiger partial charge in [0.15, 0.2) is 0 Å². The van der Waals surface area contributed by atoms with Crippen LogP contribution in [-0.4, -0.2) is 18.4 Å². The molecule has 1 aromatic rings. The number of unbranched alkanes of at least 4 members (excludes halogenated alkanes) is 7. The lowest BCUT2D eigenvalue weighted by atomic mass is 10.1. The Morgan fingerprint density at radius 2 is 1.57 bits per heavy atom. The van der Waals surface area contributed by atoms with Crippen molar-refractivity contribution in [2.24, 2.45) is 0 Å². The Labute approximate surface area is 168 Å². The molecule has 7 nitrogen and oxygen atoms in total. The first-order valence-electron chi connectivity index (χ1n) is 10.1. The van der Waals surface area contributed by atoms with Gasteiger partial charge in [0.05, 0.1) is 0 Å². The number of ether oxygens (including phenoxy) is 1. The number of hydrazine groups is 3. The molecule has 0 unspecified atom stereocenters. The average Bonchev–Trinajstić information content (AvgIpc) is 2.68. The molecule has 0 atom stereocenters. The van der Waals surface area contributed by atoms with Gasteiger partial charge in [-0.05, 0) is 30.2 Å². The fourth-order valence-corrected chi connectivity index (χ4v) is 2.57. The first kappa shape index (κ1) is 23.8. The number of esters is 1. The highest BCUT2D eigenvalue weighted by Gasteiger charge is 1.98. The van der Waals surface area contributed by atoms with E-state index in [0.29, 0.717) is 5.75 Å². The van der Waals surface area contributed by atoms with Crippen LogP contribution in [0.3, 0.4) is 0 Å². The third-order valence-electron chi connectivity index (χ3n) is 4.06. The zero-order valence-electron chi connectivity index (χ0n) is 17.1. The van der Waals surface area contributed by atoms with Crippen molar-refractivity contribution in [1.82, 2.24) is 21.9 Å². The summed E-state index contributed by atoms with van der Waals surface area (Å²) in [6, 6.07) is 6.88. The van der Waals surface area contributed by atoms with Crippen molar-refractivity contribution in [2.45, 2.75) is 65.2 Å². The Kier molecular flexibility index (Phi) is 13.4. The Balaban J connectivity index is 2.01. The van der Waals surface area contributed by atoms with E-state index in [1.165, 1.54) is 57.9 Å². The first-order chi connectivity index (χ1) is 13.6. The SMILES string of the molecule is CCCCCCCCCCNNNNC(=O)C=Cc1ccc(OC(C)=O)cc1. The molecule has 4 N–H and O–H groups in total. The van der Waals surface area contributed by atoms with E-state index >= 15 is 0 Å². The van der Waals surface area contributed by atoms with Crippen LogP contribution in [0.5, 0.6) is 5.75 Å². The molecule has 28 heavy (non-hydrogen) atoms. The number of amides is 1. The Morgan fingerprint density at radius 3 is 2.21 bits per heavy atom. The number of carbonyl (C=O) groups excluding carboxylic acids is 2. The van der Waals surface area contributed by atoms with Gasteiger partial charge in [-0.15, -0.1) is 0 Å². The third-order valence-corrected chi connectivity index (χ3v) is 4.06. The van der Waals surface area contributed by atoms with E-state index in [-0.39, 0.29) is 11.9 Å². The number of benzene rings is 1. The lowest BCUT2D eigenvalue weighted by molar-refractivity contribution is -0.131. The monoisotopic (exact) mass is 390 g/mol. The molecule has 0 aliphatic rings. The molecule has 7 heteroatoms. The predicted octanol–water partition coefficient (Wildman–Crippen LogP) is 3.40. The molecule has 0 aliphatic carbocycles. The van der Waals surface area contributed by atoms with Gasteiger partial charge in [0, 0.05) is 19.5 Å². The van der Waals surface area contributed by atoms with Gasteiger partial charge in [0.25, 0.3) is 5.91 Å². The maximum absolute atomic E-state index is 11.7. The Morgan fingerprint density at radius 1 is 0.929 bits per heavy atom. The molecule has 0 saturated heterocycles. The van der Waals surface area contributed by atoms with Crippen LogP contribution in [0, 0.1) is 0 Å². The minimum absolute atomic E-state index is 0.287. The summed E-state index contributed by atoms with van der Waals surface area (Å²) in [7, 11) is 0. The topological polar surface area (TPSA) is 91.5 Å². The molecule has 0 radical (unpaired) electrons. The summed E-state index contributed by atoms with van der Waals surface area (Å²) < 4.78 is 4.95. The molecule has 156 valence electrons. The molecule has 0 aromatic heterocycles. The van der Waals surface area contributed by atoms with E-state index in [9.17, 15) is 9.59 Å². The molecular formula is C21H34N4O3. The summed E-state index contributed by atoms with van der Waals surface area (Å²) in [6.07, 6.45) is 13.3. The fourth-order valence-electron chi connectivity index (χ4n) is 2.57. The number of hydrogen-bond donors (Lipinski definition) is 4. The summed E-state index contributed by atoms with van der Waals surface area (Å²) in [5.41, 5.74) is 11.7. The highest BCUT2D eigenvalue weighted by molar-refractivity contribution is 5.91. The minimum Gasteiger partial charge on any atom is -0.427 e. The zero-order valence-corrected chi connectivity index (χ0v) is 17.1. The number of carbonyl (C=O) groups is 2. The summed E-state index contributed by atoms with van der Waals surface area (Å²) in [4.78, 5) is 22.6. The molecule has 1 aromatic carbocycles. The van der Waals surface area contributed by atoms with Gasteiger partial charge in [-0.3, -0.25) is 15.0 Å². The van der Waals surface area contributed by atoms with Gasteiger partial charge in [-0.25, -0.2) is 5.43 Å². The molecular weight excluding hydrogens is 356 g/mol. The maximum atomic E-state index is 11.7. The number of nitrogens with one attached hydrogen (secondary N) is 4. The minimum atomic E-state index is -0.364. The van der Waals surface area contributed by atoms with Gasteiger partial charge in [-0.2, -0.15) is 11.1 Å². The van der Waals surface area contributed by atoms with Crippen molar-refractivity contribution in [3.8, 4) is 5.75 Å². The summed E-state index contributed by atoms with van der Waals surface area (Å²) in [6.45, 7) is 4.42. The second-order valence-electron chi connectivity index (χ2n) is 6.64. The van der Waals surface area contributed by atoms with E-state index in [4.69, 9.17) is 4.74 Å². The Hall–Kier alpha value is -2.22. The summed E-state index contributed by atoms with van der Waals surface area (Å²) >= 11 is 0. The van der Waals surface area contributed by atoms with E-state index in [0.717, 1.165) is 18.5 Å².